The second-order valence-electron chi connectivity index (χ2n) is 5.46. The van der Waals surface area contributed by atoms with Crippen molar-refractivity contribution in [2.75, 3.05) is 38.6 Å². The fraction of sp³-hybridized carbons (Fsp3) is 0.600. The molecule has 1 aromatic rings. The van der Waals surface area contributed by atoms with E-state index in [9.17, 15) is 0 Å². The number of benzene rings is 1. The van der Waals surface area contributed by atoms with Gasteiger partial charge in [0.1, 0.15) is 0 Å². The Bertz CT molecular complexity index is 410. The molecule has 3 nitrogen and oxygen atoms in total. The van der Waals surface area contributed by atoms with Crippen molar-refractivity contribution in [2.24, 2.45) is 0 Å². The van der Waals surface area contributed by atoms with Gasteiger partial charge in [-0.25, -0.2) is 0 Å². The van der Waals surface area contributed by atoms with Crippen molar-refractivity contribution in [3.8, 4) is 0 Å². The van der Waals surface area contributed by atoms with Crippen molar-refractivity contribution in [1.29, 1.82) is 0 Å². The number of halogens is 1. The second-order valence-corrected chi connectivity index (χ2v) is 6.38. The van der Waals surface area contributed by atoms with E-state index in [4.69, 9.17) is 0 Å². The molecule has 0 aromatic heterocycles. The second kappa shape index (κ2) is 6.73. The van der Waals surface area contributed by atoms with Crippen LogP contribution >= 0.6 is 15.9 Å². The molecule has 1 aliphatic rings. The molecule has 0 aliphatic carbocycles. The van der Waals surface area contributed by atoms with Crippen molar-refractivity contribution in [2.45, 2.75) is 25.4 Å². The molecule has 19 heavy (non-hydrogen) atoms. The van der Waals surface area contributed by atoms with Gasteiger partial charge in [-0.2, -0.15) is 0 Å². The van der Waals surface area contributed by atoms with E-state index in [2.05, 4.69) is 69.3 Å². The number of hydrogen-bond acceptors (Lipinski definition) is 3. The summed E-state index contributed by atoms with van der Waals surface area (Å²) in [6.07, 6.45) is 1.21. The van der Waals surface area contributed by atoms with Gasteiger partial charge in [0, 0.05) is 35.8 Å². The molecular weight excluding hydrogens is 302 g/mol. The first-order valence-corrected chi connectivity index (χ1v) is 7.78. The Morgan fingerprint density at radius 3 is 2.89 bits per heavy atom. The number of nitrogens with zero attached hydrogens (tertiary/aromatic N) is 2. The molecule has 1 heterocycles. The Labute approximate surface area is 125 Å². The van der Waals surface area contributed by atoms with Crippen LogP contribution in [-0.4, -0.2) is 50.7 Å². The Morgan fingerprint density at radius 2 is 2.21 bits per heavy atom. The van der Waals surface area contributed by atoms with E-state index in [0.29, 0.717) is 12.1 Å². The predicted molar refractivity (Wildman–Crippen MR) is 85.9 cm³/mol. The van der Waals surface area contributed by atoms with Crippen LogP contribution in [0.15, 0.2) is 28.7 Å². The lowest BCUT2D eigenvalue weighted by atomic mass is 10.2. The van der Waals surface area contributed by atoms with Crippen LogP contribution < -0.4 is 10.2 Å². The first kappa shape index (κ1) is 14.8. The topological polar surface area (TPSA) is 18.5 Å². The van der Waals surface area contributed by atoms with Gasteiger partial charge in [0.2, 0.25) is 0 Å². The maximum Gasteiger partial charge on any atom is 0.0541 e. The van der Waals surface area contributed by atoms with Gasteiger partial charge in [-0.1, -0.05) is 22.0 Å². The van der Waals surface area contributed by atoms with Crippen LogP contribution in [0, 0.1) is 0 Å². The number of anilines is 1. The SMILES string of the molecule is CNCC1CN(C)C(C)CCN1c1cccc(Br)c1. The van der Waals surface area contributed by atoms with E-state index < -0.39 is 0 Å². The van der Waals surface area contributed by atoms with E-state index in [1.165, 1.54) is 12.1 Å². The molecule has 0 bridgehead atoms. The highest BCUT2D eigenvalue weighted by Gasteiger charge is 2.26. The summed E-state index contributed by atoms with van der Waals surface area (Å²) in [7, 11) is 4.27. The van der Waals surface area contributed by atoms with Crippen LogP contribution in [-0.2, 0) is 0 Å². The van der Waals surface area contributed by atoms with E-state index in [1.54, 1.807) is 0 Å². The lowest BCUT2D eigenvalue weighted by molar-refractivity contribution is 0.254. The third kappa shape index (κ3) is 3.71. The average molecular weight is 326 g/mol. The highest BCUT2D eigenvalue weighted by Crippen LogP contribution is 2.25. The first-order valence-electron chi connectivity index (χ1n) is 6.99. The molecule has 1 saturated heterocycles. The number of hydrogen-bond donors (Lipinski definition) is 1. The summed E-state index contributed by atoms with van der Waals surface area (Å²) >= 11 is 3.58. The summed E-state index contributed by atoms with van der Waals surface area (Å²) in [5, 5.41) is 3.33. The molecule has 2 atom stereocenters. The maximum atomic E-state index is 3.58. The van der Waals surface area contributed by atoms with Crippen LogP contribution in [0.1, 0.15) is 13.3 Å². The zero-order valence-corrected chi connectivity index (χ0v) is 13.7. The van der Waals surface area contributed by atoms with E-state index in [-0.39, 0.29) is 0 Å². The lowest BCUT2D eigenvalue weighted by Crippen LogP contribution is -2.46. The highest BCUT2D eigenvalue weighted by atomic mass is 79.9. The van der Waals surface area contributed by atoms with Crippen LogP contribution in [0.2, 0.25) is 0 Å². The molecule has 0 saturated carbocycles. The summed E-state index contributed by atoms with van der Waals surface area (Å²) in [5.41, 5.74) is 1.32. The van der Waals surface area contributed by atoms with Crippen molar-refractivity contribution < 1.29 is 0 Å². The Balaban J connectivity index is 2.24. The Hall–Kier alpha value is -0.580. The molecule has 1 N–H and O–H groups in total. The molecule has 2 rings (SSSR count). The molecule has 2 unspecified atom stereocenters. The Morgan fingerprint density at radius 1 is 1.42 bits per heavy atom. The monoisotopic (exact) mass is 325 g/mol. The third-order valence-corrected chi connectivity index (χ3v) is 4.55. The molecule has 4 heteroatoms. The molecule has 0 spiro atoms. The summed E-state index contributed by atoms with van der Waals surface area (Å²) in [4.78, 5) is 5.02. The summed E-state index contributed by atoms with van der Waals surface area (Å²) in [6.45, 7) is 5.56. The zero-order chi connectivity index (χ0) is 13.8. The number of nitrogens with one attached hydrogen (secondary N) is 1. The fourth-order valence-corrected chi connectivity index (χ4v) is 3.13. The van der Waals surface area contributed by atoms with Crippen LogP contribution in [0.4, 0.5) is 5.69 Å². The quantitative estimate of drug-likeness (QED) is 0.921. The van der Waals surface area contributed by atoms with Gasteiger partial charge < -0.3 is 15.1 Å². The molecule has 0 amide bonds. The molecule has 1 fully saturated rings. The van der Waals surface area contributed by atoms with Crippen molar-refractivity contribution in [3.63, 3.8) is 0 Å². The first-order chi connectivity index (χ1) is 9.11. The minimum atomic E-state index is 0.522. The minimum Gasteiger partial charge on any atom is -0.366 e. The van der Waals surface area contributed by atoms with Crippen LogP contribution in [0.5, 0.6) is 0 Å². The third-order valence-electron chi connectivity index (χ3n) is 4.06. The molecular formula is C15H24BrN3. The lowest BCUT2D eigenvalue weighted by Gasteiger charge is -2.33. The smallest absolute Gasteiger partial charge is 0.0541 e. The van der Waals surface area contributed by atoms with Crippen molar-refractivity contribution in [3.05, 3.63) is 28.7 Å². The number of likely N-dealkylation sites (N-methyl/N-ethyl adjacent to an activating group) is 2. The van der Waals surface area contributed by atoms with Gasteiger partial charge in [-0.05, 0) is 45.6 Å². The molecule has 1 aromatic carbocycles. The van der Waals surface area contributed by atoms with Gasteiger partial charge in [-0.3, -0.25) is 0 Å². The van der Waals surface area contributed by atoms with Crippen LogP contribution in [0.3, 0.4) is 0 Å². The standard InChI is InChI=1S/C15H24BrN3/c1-12-7-8-19(14-6-4-5-13(16)9-14)15(10-17-2)11-18(12)3/h4-6,9,12,15,17H,7-8,10-11H2,1-3H3. The van der Waals surface area contributed by atoms with Gasteiger partial charge in [-0.15, -0.1) is 0 Å². The zero-order valence-electron chi connectivity index (χ0n) is 12.1. The molecule has 1 aliphatic heterocycles. The summed E-state index contributed by atoms with van der Waals surface area (Å²) in [6, 6.07) is 9.81. The minimum absolute atomic E-state index is 0.522. The molecule has 0 radical (unpaired) electrons. The maximum absolute atomic E-state index is 3.58. The highest BCUT2D eigenvalue weighted by molar-refractivity contribution is 9.10. The number of rotatable bonds is 3. The predicted octanol–water partition coefficient (Wildman–Crippen LogP) is 2.57. The average Bonchev–Trinajstić information content (AvgIpc) is 2.51. The summed E-state index contributed by atoms with van der Waals surface area (Å²) < 4.78 is 1.15. The van der Waals surface area contributed by atoms with E-state index in [1.807, 2.05) is 7.05 Å². The van der Waals surface area contributed by atoms with Crippen molar-refractivity contribution in [1.82, 2.24) is 10.2 Å². The van der Waals surface area contributed by atoms with Gasteiger partial charge in [0.25, 0.3) is 0 Å². The molecule has 106 valence electrons. The van der Waals surface area contributed by atoms with Gasteiger partial charge >= 0.3 is 0 Å². The largest absolute Gasteiger partial charge is 0.366 e. The normalized spacial score (nSPS) is 25.4. The van der Waals surface area contributed by atoms with E-state index in [0.717, 1.165) is 24.1 Å². The Kier molecular flexibility index (Phi) is 5.25. The fourth-order valence-electron chi connectivity index (χ4n) is 2.74. The van der Waals surface area contributed by atoms with Crippen LogP contribution in [0.25, 0.3) is 0 Å². The van der Waals surface area contributed by atoms with E-state index >= 15 is 0 Å². The summed E-state index contributed by atoms with van der Waals surface area (Å²) in [5.74, 6) is 0. The van der Waals surface area contributed by atoms with Gasteiger partial charge in [0.05, 0.1) is 6.04 Å². The van der Waals surface area contributed by atoms with Crippen molar-refractivity contribution >= 4 is 21.6 Å². The van der Waals surface area contributed by atoms with Gasteiger partial charge in [0.15, 0.2) is 0 Å².